The maximum absolute atomic E-state index is 11.6. The van der Waals surface area contributed by atoms with Gasteiger partial charge in [-0.2, -0.15) is 0 Å². The molecule has 21 heavy (non-hydrogen) atoms. The molecule has 2 N–H and O–H groups in total. The summed E-state index contributed by atoms with van der Waals surface area (Å²) in [6.45, 7) is 8.04. The lowest BCUT2D eigenvalue weighted by atomic mass is 9.84. The molecule has 1 aromatic carbocycles. The van der Waals surface area contributed by atoms with E-state index in [1.54, 1.807) is 0 Å². The maximum Gasteiger partial charge on any atom is 0.259 e. The second-order valence-electron chi connectivity index (χ2n) is 5.89. The number of benzene rings is 1. The standard InChI is InChI=1S/C15H18N2O3S/c1-17-15(4-6-21(18,19)7-5-15)12-3-2-11-8-13(16)10-20-14(11)9-12/h2-3,9,13H,4-8,10,16H2/t13-/m1/s1. The summed E-state index contributed by atoms with van der Waals surface area (Å²) in [5.41, 5.74) is 7.06. The molecule has 3 rings (SSSR count). The zero-order chi connectivity index (χ0) is 15.1. The van der Waals surface area contributed by atoms with Crippen LogP contribution in [-0.4, -0.2) is 32.6 Å². The van der Waals surface area contributed by atoms with Crippen molar-refractivity contribution in [2.24, 2.45) is 5.73 Å². The summed E-state index contributed by atoms with van der Waals surface area (Å²) in [6, 6.07) is 5.80. The van der Waals surface area contributed by atoms with E-state index < -0.39 is 15.4 Å². The predicted molar refractivity (Wildman–Crippen MR) is 79.8 cm³/mol. The van der Waals surface area contributed by atoms with E-state index in [2.05, 4.69) is 4.85 Å². The lowest BCUT2D eigenvalue weighted by Crippen LogP contribution is -2.36. The molecule has 0 spiro atoms. The van der Waals surface area contributed by atoms with E-state index in [9.17, 15) is 8.42 Å². The predicted octanol–water partition coefficient (Wildman–Crippen LogP) is 1.27. The van der Waals surface area contributed by atoms with E-state index in [0.29, 0.717) is 19.4 Å². The normalized spacial score (nSPS) is 26.2. The largest absolute Gasteiger partial charge is 0.492 e. The van der Waals surface area contributed by atoms with E-state index in [0.717, 1.165) is 23.3 Å². The van der Waals surface area contributed by atoms with Crippen LogP contribution in [0.5, 0.6) is 5.75 Å². The molecule has 1 fully saturated rings. The monoisotopic (exact) mass is 306 g/mol. The average Bonchev–Trinajstić information content (AvgIpc) is 2.47. The molecule has 5 nitrogen and oxygen atoms in total. The van der Waals surface area contributed by atoms with E-state index in [1.165, 1.54) is 0 Å². The molecule has 6 heteroatoms. The first-order valence-corrected chi connectivity index (χ1v) is 8.87. The molecule has 2 aliphatic heterocycles. The Hall–Kier alpha value is -1.58. The topological polar surface area (TPSA) is 73.8 Å². The number of rotatable bonds is 1. The van der Waals surface area contributed by atoms with Gasteiger partial charge in [-0.05, 0) is 18.1 Å². The minimum Gasteiger partial charge on any atom is -0.492 e. The van der Waals surface area contributed by atoms with Gasteiger partial charge in [-0.1, -0.05) is 12.1 Å². The summed E-state index contributed by atoms with van der Waals surface area (Å²) in [6.07, 6.45) is 1.49. The molecular weight excluding hydrogens is 288 g/mol. The first-order valence-electron chi connectivity index (χ1n) is 7.05. The van der Waals surface area contributed by atoms with Crippen LogP contribution in [0.3, 0.4) is 0 Å². The molecule has 0 unspecified atom stereocenters. The van der Waals surface area contributed by atoms with Gasteiger partial charge in [0.05, 0.1) is 11.5 Å². The Morgan fingerprint density at radius 2 is 2.05 bits per heavy atom. The summed E-state index contributed by atoms with van der Waals surface area (Å²) < 4.78 is 28.9. The Morgan fingerprint density at radius 1 is 1.33 bits per heavy atom. The molecule has 1 atom stereocenters. The van der Waals surface area contributed by atoms with Gasteiger partial charge in [0, 0.05) is 24.4 Å². The quantitative estimate of drug-likeness (QED) is 0.793. The van der Waals surface area contributed by atoms with Crippen molar-refractivity contribution in [1.82, 2.24) is 0 Å². The van der Waals surface area contributed by atoms with Gasteiger partial charge in [0.1, 0.15) is 12.4 Å². The lowest BCUT2D eigenvalue weighted by Gasteiger charge is -2.28. The fourth-order valence-corrected chi connectivity index (χ4v) is 4.53. The average molecular weight is 306 g/mol. The Labute approximate surface area is 124 Å². The number of fused-ring (bicyclic) bond motifs is 1. The van der Waals surface area contributed by atoms with Crippen LogP contribution in [0.1, 0.15) is 24.0 Å². The summed E-state index contributed by atoms with van der Waals surface area (Å²) in [5.74, 6) is 0.946. The third-order valence-corrected chi connectivity index (χ3v) is 6.06. The van der Waals surface area contributed by atoms with Crippen molar-refractivity contribution in [2.45, 2.75) is 30.8 Å². The van der Waals surface area contributed by atoms with Gasteiger partial charge < -0.3 is 15.3 Å². The first-order chi connectivity index (χ1) is 9.94. The van der Waals surface area contributed by atoms with E-state index in [-0.39, 0.29) is 17.5 Å². The van der Waals surface area contributed by atoms with Crippen molar-refractivity contribution < 1.29 is 13.2 Å². The molecule has 112 valence electrons. The molecule has 1 aromatic rings. The van der Waals surface area contributed by atoms with E-state index in [4.69, 9.17) is 17.0 Å². The molecule has 0 amide bonds. The number of sulfone groups is 1. The molecule has 0 radical (unpaired) electrons. The van der Waals surface area contributed by atoms with Gasteiger partial charge in [-0.3, -0.25) is 0 Å². The van der Waals surface area contributed by atoms with Crippen LogP contribution in [0.25, 0.3) is 4.85 Å². The van der Waals surface area contributed by atoms with Crippen molar-refractivity contribution in [2.75, 3.05) is 18.1 Å². The Morgan fingerprint density at radius 3 is 2.71 bits per heavy atom. The minimum absolute atomic E-state index is 0.0120. The first kappa shape index (κ1) is 14.4. The second kappa shape index (κ2) is 5.00. The van der Waals surface area contributed by atoms with Gasteiger partial charge in [0.2, 0.25) is 0 Å². The molecule has 0 bridgehead atoms. The number of ether oxygens (including phenoxy) is 1. The van der Waals surface area contributed by atoms with Crippen LogP contribution in [0, 0.1) is 6.57 Å². The summed E-state index contributed by atoms with van der Waals surface area (Å²) >= 11 is 0. The molecule has 1 saturated heterocycles. The van der Waals surface area contributed by atoms with Crippen molar-refractivity contribution >= 4 is 9.84 Å². The molecule has 2 aliphatic rings. The second-order valence-corrected chi connectivity index (χ2v) is 8.20. The van der Waals surface area contributed by atoms with E-state index >= 15 is 0 Å². The number of hydrogen-bond donors (Lipinski definition) is 1. The summed E-state index contributed by atoms with van der Waals surface area (Å²) in [4.78, 5) is 3.78. The molecular formula is C15H18N2O3S. The van der Waals surface area contributed by atoms with Crippen LogP contribution < -0.4 is 10.5 Å². The van der Waals surface area contributed by atoms with Crippen LogP contribution in [0.15, 0.2) is 18.2 Å². The maximum atomic E-state index is 11.6. The van der Waals surface area contributed by atoms with Gasteiger partial charge >= 0.3 is 0 Å². The molecule has 2 heterocycles. The van der Waals surface area contributed by atoms with Crippen molar-refractivity contribution in [1.29, 1.82) is 0 Å². The van der Waals surface area contributed by atoms with Crippen LogP contribution in [0.4, 0.5) is 0 Å². The van der Waals surface area contributed by atoms with Crippen LogP contribution in [-0.2, 0) is 21.8 Å². The van der Waals surface area contributed by atoms with Crippen molar-refractivity contribution in [3.63, 3.8) is 0 Å². The summed E-state index contributed by atoms with van der Waals surface area (Å²) in [5, 5.41) is 0. The highest BCUT2D eigenvalue weighted by Crippen LogP contribution is 2.40. The summed E-state index contributed by atoms with van der Waals surface area (Å²) in [7, 11) is -2.99. The third kappa shape index (κ3) is 2.63. The molecule has 0 saturated carbocycles. The number of hydrogen-bond acceptors (Lipinski definition) is 4. The lowest BCUT2D eigenvalue weighted by molar-refractivity contribution is 0.262. The molecule has 0 aliphatic carbocycles. The fraction of sp³-hybridized carbons (Fsp3) is 0.533. The molecule has 0 aromatic heterocycles. The minimum atomic E-state index is -2.99. The zero-order valence-electron chi connectivity index (χ0n) is 11.7. The highest BCUT2D eigenvalue weighted by molar-refractivity contribution is 7.91. The SMILES string of the molecule is [C-]#[N+]C1(c2ccc3c(c2)OC[C@H](N)C3)CCS(=O)(=O)CC1. The van der Waals surface area contributed by atoms with Crippen LogP contribution in [0.2, 0.25) is 0 Å². The highest BCUT2D eigenvalue weighted by Gasteiger charge is 2.45. The third-order valence-electron chi connectivity index (χ3n) is 4.41. The Balaban J connectivity index is 1.94. The van der Waals surface area contributed by atoms with Crippen LogP contribution >= 0.6 is 0 Å². The van der Waals surface area contributed by atoms with Gasteiger partial charge in [-0.15, -0.1) is 0 Å². The number of nitrogens with zero attached hydrogens (tertiary/aromatic N) is 1. The van der Waals surface area contributed by atoms with Gasteiger partial charge in [-0.25, -0.2) is 15.0 Å². The van der Waals surface area contributed by atoms with Crippen molar-refractivity contribution in [3.05, 3.63) is 40.7 Å². The smallest absolute Gasteiger partial charge is 0.259 e. The van der Waals surface area contributed by atoms with E-state index in [1.807, 2.05) is 18.2 Å². The van der Waals surface area contributed by atoms with Gasteiger partial charge in [0.25, 0.3) is 5.54 Å². The number of nitrogens with two attached hydrogens (primary N) is 1. The zero-order valence-corrected chi connectivity index (χ0v) is 12.5. The van der Waals surface area contributed by atoms with Gasteiger partial charge in [0.15, 0.2) is 9.84 Å². The highest BCUT2D eigenvalue weighted by atomic mass is 32.2. The van der Waals surface area contributed by atoms with Crippen molar-refractivity contribution in [3.8, 4) is 5.75 Å². The Kier molecular flexibility index (Phi) is 3.42. The fourth-order valence-electron chi connectivity index (χ4n) is 3.03. The Bertz CT molecular complexity index is 692.